The van der Waals surface area contributed by atoms with E-state index in [1.165, 1.54) is 7.11 Å². The highest BCUT2D eigenvalue weighted by Crippen LogP contribution is 2.39. The minimum absolute atomic E-state index is 0.0315. The summed E-state index contributed by atoms with van der Waals surface area (Å²) in [6.07, 6.45) is 6.81. The third-order valence-corrected chi connectivity index (χ3v) is 5.48. The lowest BCUT2D eigenvalue weighted by atomic mass is 9.94. The zero-order valence-corrected chi connectivity index (χ0v) is 17.3. The maximum absolute atomic E-state index is 11.8. The molecule has 6 heteroatoms. The maximum atomic E-state index is 11.8. The van der Waals surface area contributed by atoms with E-state index in [2.05, 4.69) is 48.7 Å². The molecule has 0 spiro atoms. The van der Waals surface area contributed by atoms with Gasteiger partial charge in [0.15, 0.2) is 0 Å². The Morgan fingerprint density at radius 2 is 2.11 bits per heavy atom. The zero-order valence-electron chi connectivity index (χ0n) is 15.7. The molecular weight excluding hydrogens is 418 g/mol. The van der Waals surface area contributed by atoms with Gasteiger partial charge in [0.25, 0.3) is 0 Å². The topological polar surface area (TPSA) is 57.0 Å². The lowest BCUT2D eigenvalue weighted by Gasteiger charge is -2.15. The molecule has 0 saturated carbocycles. The number of allylic oxidation sites excluding steroid dienone is 1. The summed E-state index contributed by atoms with van der Waals surface area (Å²) in [5, 5.41) is 0. The number of pyridine rings is 1. The van der Waals surface area contributed by atoms with Gasteiger partial charge in [-0.05, 0) is 43.7 Å². The van der Waals surface area contributed by atoms with E-state index < -0.39 is 0 Å². The molecule has 2 aromatic heterocycles. The monoisotopic (exact) mass is 437 g/mol. The zero-order chi connectivity index (χ0) is 19.7. The quantitative estimate of drug-likeness (QED) is 0.548. The molecule has 28 heavy (non-hydrogen) atoms. The van der Waals surface area contributed by atoms with Crippen LogP contribution in [0, 0.1) is 6.92 Å². The van der Waals surface area contributed by atoms with Crippen molar-refractivity contribution in [1.29, 1.82) is 0 Å². The molecule has 142 valence electrons. The molecule has 5 nitrogen and oxygen atoms in total. The Balaban J connectivity index is 1.93. The SMILES string of the molecule is COC(=O)CC[C@@H]1C=C(c2ccccn2)c2cc(Br)ccc2-n2c(C)cnc21. The second-order valence-electron chi connectivity index (χ2n) is 6.77. The van der Waals surface area contributed by atoms with Crippen LogP contribution in [0.25, 0.3) is 11.3 Å². The van der Waals surface area contributed by atoms with Gasteiger partial charge in [0.05, 0.1) is 18.5 Å². The molecule has 0 unspecified atom stereocenters. The van der Waals surface area contributed by atoms with Gasteiger partial charge in [-0.25, -0.2) is 4.98 Å². The predicted molar refractivity (Wildman–Crippen MR) is 111 cm³/mol. The van der Waals surface area contributed by atoms with Gasteiger partial charge in [0.2, 0.25) is 0 Å². The molecular formula is C22H20BrN3O2. The molecule has 0 N–H and O–H groups in total. The summed E-state index contributed by atoms with van der Waals surface area (Å²) in [7, 11) is 1.42. The van der Waals surface area contributed by atoms with Gasteiger partial charge in [0, 0.05) is 46.0 Å². The predicted octanol–water partition coefficient (Wildman–Crippen LogP) is 4.82. The fourth-order valence-electron chi connectivity index (χ4n) is 3.65. The average Bonchev–Trinajstić information content (AvgIpc) is 3.03. The Labute approximate surface area is 172 Å². The molecule has 1 aliphatic rings. The molecule has 3 aromatic rings. The standard InChI is InChI=1S/C22H20BrN3O2/c1-14-13-25-22-15(6-9-21(27)28-2)11-17(19-5-3-4-10-24-19)18-12-16(23)7-8-20(18)26(14)22/h3-5,7-8,10-13,15H,6,9H2,1-2H3/t15-/m1/s1. The molecule has 1 aliphatic heterocycles. The van der Waals surface area contributed by atoms with E-state index >= 15 is 0 Å². The van der Waals surface area contributed by atoms with E-state index in [4.69, 9.17) is 4.74 Å². The highest BCUT2D eigenvalue weighted by Gasteiger charge is 2.27. The third kappa shape index (κ3) is 3.40. The van der Waals surface area contributed by atoms with Crippen LogP contribution in [-0.4, -0.2) is 27.6 Å². The number of hydrogen-bond acceptors (Lipinski definition) is 4. The molecule has 0 saturated heterocycles. The number of fused-ring (bicyclic) bond motifs is 3. The Morgan fingerprint density at radius 1 is 1.25 bits per heavy atom. The third-order valence-electron chi connectivity index (χ3n) is 4.98. The smallest absolute Gasteiger partial charge is 0.305 e. The summed E-state index contributed by atoms with van der Waals surface area (Å²) < 4.78 is 8.03. The van der Waals surface area contributed by atoms with E-state index in [0.717, 1.165) is 38.5 Å². The minimum Gasteiger partial charge on any atom is -0.469 e. The summed E-state index contributed by atoms with van der Waals surface area (Å²) in [6, 6.07) is 12.1. The summed E-state index contributed by atoms with van der Waals surface area (Å²) in [5.41, 5.74) is 5.13. The number of carbonyl (C=O) groups excluding carboxylic acids is 1. The van der Waals surface area contributed by atoms with E-state index in [0.29, 0.717) is 12.8 Å². The number of carbonyl (C=O) groups is 1. The van der Waals surface area contributed by atoms with E-state index in [-0.39, 0.29) is 11.9 Å². The Morgan fingerprint density at radius 3 is 2.86 bits per heavy atom. The first-order valence-electron chi connectivity index (χ1n) is 9.13. The number of esters is 1. The number of hydrogen-bond donors (Lipinski definition) is 0. The van der Waals surface area contributed by atoms with Crippen LogP contribution in [0.1, 0.15) is 41.5 Å². The number of aryl methyl sites for hydroxylation is 1. The number of ether oxygens (including phenoxy) is 1. The normalized spacial score (nSPS) is 15.2. The lowest BCUT2D eigenvalue weighted by molar-refractivity contribution is -0.140. The molecule has 1 atom stereocenters. The molecule has 0 amide bonds. The molecule has 1 aromatic carbocycles. The number of halogens is 1. The Kier molecular flexibility index (Phi) is 5.13. The fraction of sp³-hybridized carbons (Fsp3) is 0.227. The number of nitrogens with zero attached hydrogens (tertiary/aromatic N) is 3. The summed E-state index contributed by atoms with van der Waals surface area (Å²) >= 11 is 3.61. The summed E-state index contributed by atoms with van der Waals surface area (Å²) in [6.45, 7) is 2.05. The number of aromatic nitrogens is 3. The van der Waals surface area contributed by atoms with Crippen LogP contribution in [0.3, 0.4) is 0 Å². The van der Waals surface area contributed by atoms with Crippen LogP contribution < -0.4 is 0 Å². The molecule has 4 rings (SSSR count). The number of benzene rings is 1. The Hall–Kier alpha value is -2.73. The first kappa shape index (κ1) is 18.6. The first-order valence-corrected chi connectivity index (χ1v) is 9.92. The molecule has 3 heterocycles. The van der Waals surface area contributed by atoms with Crippen molar-refractivity contribution < 1.29 is 9.53 Å². The molecule has 0 radical (unpaired) electrons. The van der Waals surface area contributed by atoms with Gasteiger partial charge in [-0.3, -0.25) is 14.3 Å². The van der Waals surface area contributed by atoms with Crippen molar-refractivity contribution in [2.75, 3.05) is 7.11 Å². The van der Waals surface area contributed by atoms with Crippen LogP contribution >= 0.6 is 15.9 Å². The summed E-state index contributed by atoms with van der Waals surface area (Å²) in [5.74, 6) is 0.680. The summed E-state index contributed by atoms with van der Waals surface area (Å²) in [4.78, 5) is 21.1. The van der Waals surface area contributed by atoms with Crippen molar-refractivity contribution in [3.63, 3.8) is 0 Å². The van der Waals surface area contributed by atoms with Crippen molar-refractivity contribution in [1.82, 2.24) is 14.5 Å². The van der Waals surface area contributed by atoms with Gasteiger partial charge in [-0.2, -0.15) is 0 Å². The average molecular weight is 438 g/mol. The first-order chi connectivity index (χ1) is 13.6. The van der Waals surface area contributed by atoms with Crippen LogP contribution in [0.4, 0.5) is 0 Å². The maximum Gasteiger partial charge on any atom is 0.305 e. The van der Waals surface area contributed by atoms with Crippen molar-refractivity contribution in [2.24, 2.45) is 0 Å². The molecule has 0 bridgehead atoms. The Bertz CT molecular complexity index is 1060. The fourth-order valence-corrected chi connectivity index (χ4v) is 4.01. The van der Waals surface area contributed by atoms with E-state index in [9.17, 15) is 4.79 Å². The van der Waals surface area contributed by atoms with Crippen molar-refractivity contribution >= 4 is 27.5 Å². The second kappa shape index (κ2) is 7.72. The van der Waals surface area contributed by atoms with Crippen molar-refractivity contribution in [3.8, 4) is 5.69 Å². The van der Waals surface area contributed by atoms with Crippen LogP contribution in [0.2, 0.25) is 0 Å². The molecule has 0 fully saturated rings. The van der Waals surface area contributed by atoms with Gasteiger partial charge < -0.3 is 4.74 Å². The van der Waals surface area contributed by atoms with Crippen LogP contribution in [-0.2, 0) is 9.53 Å². The number of rotatable bonds is 4. The largest absolute Gasteiger partial charge is 0.469 e. The van der Waals surface area contributed by atoms with Gasteiger partial charge in [-0.15, -0.1) is 0 Å². The van der Waals surface area contributed by atoms with E-state index in [1.54, 1.807) is 6.20 Å². The minimum atomic E-state index is -0.216. The highest BCUT2D eigenvalue weighted by atomic mass is 79.9. The van der Waals surface area contributed by atoms with Crippen molar-refractivity contribution in [3.05, 3.63) is 82.1 Å². The number of methoxy groups -OCH3 is 1. The van der Waals surface area contributed by atoms with Crippen LogP contribution in [0.15, 0.2) is 59.3 Å². The lowest BCUT2D eigenvalue weighted by Crippen LogP contribution is -2.09. The van der Waals surface area contributed by atoms with Gasteiger partial charge >= 0.3 is 5.97 Å². The van der Waals surface area contributed by atoms with E-state index in [1.807, 2.05) is 37.4 Å². The molecule has 0 aliphatic carbocycles. The second-order valence-corrected chi connectivity index (χ2v) is 7.69. The number of imidazole rings is 1. The van der Waals surface area contributed by atoms with Crippen LogP contribution in [0.5, 0.6) is 0 Å². The van der Waals surface area contributed by atoms with Crippen molar-refractivity contribution in [2.45, 2.75) is 25.7 Å². The van der Waals surface area contributed by atoms with Gasteiger partial charge in [-0.1, -0.05) is 28.1 Å². The highest BCUT2D eigenvalue weighted by molar-refractivity contribution is 9.10. The van der Waals surface area contributed by atoms with Gasteiger partial charge in [0.1, 0.15) is 5.82 Å².